The molecular formula is C18H31N5O2. The van der Waals surface area contributed by atoms with Crippen molar-refractivity contribution in [3.63, 3.8) is 0 Å². The molecule has 0 aromatic carbocycles. The van der Waals surface area contributed by atoms with Gasteiger partial charge in [-0.05, 0) is 25.2 Å². The van der Waals surface area contributed by atoms with Crippen LogP contribution in [0.15, 0.2) is 12.3 Å². The molecule has 0 spiro atoms. The molecule has 1 aliphatic carbocycles. The summed E-state index contributed by atoms with van der Waals surface area (Å²) in [6.45, 7) is 5.48. The molecule has 7 nitrogen and oxygen atoms in total. The highest BCUT2D eigenvalue weighted by Crippen LogP contribution is 2.17. The van der Waals surface area contributed by atoms with Crippen molar-refractivity contribution in [1.29, 1.82) is 0 Å². The third-order valence-electron chi connectivity index (χ3n) is 4.33. The molecule has 0 unspecified atom stereocenters. The maximum absolute atomic E-state index is 12.0. The summed E-state index contributed by atoms with van der Waals surface area (Å²) < 4.78 is 1.80. The molecule has 140 valence electrons. The molecule has 7 heteroatoms. The van der Waals surface area contributed by atoms with Crippen LogP contribution in [-0.2, 0) is 11.3 Å². The number of carbonyl (C=O) groups excluding carboxylic acids is 2. The smallest absolute Gasteiger partial charge is 0.315 e. The molecule has 0 saturated heterocycles. The van der Waals surface area contributed by atoms with E-state index in [2.05, 4.69) is 34.9 Å². The van der Waals surface area contributed by atoms with Gasteiger partial charge in [-0.3, -0.25) is 4.79 Å². The Labute approximate surface area is 149 Å². The lowest BCUT2D eigenvalue weighted by atomic mass is 9.96. The molecule has 1 saturated carbocycles. The number of hydrogen-bond acceptors (Lipinski definition) is 3. The van der Waals surface area contributed by atoms with E-state index < -0.39 is 0 Å². The van der Waals surface area contributed by atoms with Gasteiger partial charge in [-0.15, -0.1) is 0 Å². The quantitative estimate of drug-likeness (QED) is 0.631. The van der Waals surface area contributed by atoms with Crippen LogP contribution in [0.2, 0.25) is 0 Å². The fraction of sp³-hybridized carbons (Fsp3) is 0.722. The maximum Gasteiger partial charge on any atom is 0.315 e. The Morgan fingerprint density at radius 3 is 2.76 bits per heavy atom. The van der Waals surface area contributed by atoms with Crippen LogP contribution in [0.1, 0.15) is 58.8 Å². The zero-order chi connectivity index (χ0) is 18.1. The number of hydrogen-bond donors (Lipinski definition) is 3. The molecule has 1 aromatic rings. The van der Waals surface area contributed by atoms with Gasteiger partial charge in [0.1, 0.15) is 5.82 Å². The number of nitrogens with zero attached hydrogens (tertiary/aromatic N) is 2. The summed E-state index contributed by atoms with van der Waals surface area (Å²) in [5, 5.41) is 12.9. The minimum Gasteiger partial charge on any atom is -0.338 e. The van der Waals surface area contributed by atoms with E-state index in [0.29, 0.717) is 31.3 Å². The van der Waals surface area contributed by atoms with Crippen LogP contribution in [0.3, 0.4) is 0 Å². The third kappa shape index (κ3) is 7.15. The fourth-order valence-electron chi connectivity index (χ4n) is 3.07. The third-order valence-corrected chi connectivity index (χ3v) is 4.33. The lowest BCUT2D eigenvalue weighted by molar-refractivity contribution is -0.116. The highest BCUT2D eigenvalue weighted by Gasteiger charge is 2.15. The Morgan fingerprint density at radius 1 is 1.28 bits per heavy atom. The van der Waals surface area contributed by atoms with Crippen molar-refractivity contribution in [3.05, 3.63) is 12.3 Å². The molecule has 1 fully saturated rings. The fourth-order valence-corrected chi connectivity index (χ4v) is 3.07. The normalized spacial score (nSPS) is 15.2. The largest absolute Gasteiger partial charge is 0.338 e. The van der Waals surface area contributed by atoms with Crippen LogP contribution in [0.25, 0.3) is 0 Å². The van der Waals surface area contributed by atoms with Crippen LogP contribution in [0.5, 0.6) is 0 Å². The Morgan fingerprint density at radius 2 is 2.04 bits per heavy atom. The van der Waals surface area contributed by atoms with Crippen molar-refractivity contribution in [2.24, 2.45) is 5.92 Å². The van der Waals surface area contributed by atoms with Crippen molar-refractivity contribution in [3.8, 4) is 0 Å². The van der Waals surface area contributed by atoms with E-state index in [4.69, 9.17) is 0 Å². The van der Waals surface area contributed by atoms with Crippen LogP contribution in [-0.4, -0.2) is 34.3 Å². The zero-order valence-corrected chi connectivity index (χ0v) is 15.4. The summed E-state index contributed by atoms with van der Waals surface area (Å²) in [6.07, 6.45) is 8.47. The number of aromatic nitrogens is 2. The van der Waals surface area contributed by atoms with Crippen molar-refractivity contribution < 1.29 is 9.59 Å². The van der Waals surface area contributed by atoms with E-state index in [-0.39, 0.29) is 11.9 Å². The van der Waals surface area contributed by atoms with Crippen LogP contribution < -0.4 is 16.0 Å². The topological polar surface area (TPSA) is 88.1 Å². The first-order valence-electron chi connectivity index (χ1n) is 9.40. The average molecular weight is 349 g/mol. The number of nitrogens with one attached hydrogen (secondary N) is 3. The molecule has 25 heavy (non-hydrogen) atoms. The van der Waals surface area contributed by atoms with Crippen molar-refractivity contribution >= 4 is 17.8 Å². The SMILES string of the molecule is CC(C)Cn1nccc1NC(=O)CCCNC(=O)NC1CCCCC1. The number of carbonyl (C=O) groups is 2. The van der Waals surface area contributed by atoms with Gasteiger partial charge in [0, 0.05) is 31.6 Å². The molecule has 3 N–H and O–H groups in total. The van der Waals surface area contributed by atoms with E-state index in [9.17, 15) is 9.59 Å². The molecule has 1 aliphatic rings. The van der Waals surface area contributed by atoms with Gasteiger partial charge < -0.3 is 16.0 Å². The van der Waals surface area contributed by atoms with Gasteiger partial charge in [0.2, 0.25) is 5.91 Å². The number of amides is 3. The highest BCUT2D eigenvalue weighted by molar-refractivity contribution is 5.89. The Bertz CT molecular complexity index is 549. The second kappa shape index (κ2) is 10.1. The standard InChI is InChI=1S/C18H31N5O2/c1-14(2)13-23-16(10-12-20-23)22-17(24)9-6-11-19-18(25)21-15-7-4-3-5-8-15/h10,12,14-15H,3-9,11,13H2,1-2H3,(H,22,24)(H2,19,21,25). The first kappa shape index (κ1) is 19.3. The number of rotatable bonds is 8. The number of urea groups is 1. The molecule has 1 heterocycles. The van der Waals surface area contributed by atoms with Gasteiger partial charge in [-0.2, -0.15) is 5.10 Å². The van der Waals surface area contributed by atoms with E-state index in [1.165, 1.54) is 19.3 Å². The predicted molar refractivity (Wildman–Crippen MR) is 98.3 cm³/mol. The molecule has 0 atom stereocenters. The molecule has 0 bridgehead atoms. The monoisotopic (exact) mass is 349 g/mol. The van der Waals surface area contributed by atoms with Gasteiger partial charge in [-0.1, -0.05) is 33.1 Å². The summed E-state index contributed by atoms with van der Waals surface area (Å²) in [5.41, 5.74) is 0. The highest BCUT2D eigenvalue weighted by atomic mass is 16.2. The Balaban J connectivity index is 1.60. The molecule has 1 aromatic heterocycles. The summed E-state index contributed by atoms with van der Waals surface area (Å²) in [4.78, 5) is 23.9. The summed E-state index contributed by atoms with van der Waals surface area (Å²) >= 11 is 0. The average Bonchev–Trinajstić information content (AvgIpc) is 2.98. The van der Waals surface area contributed by atoms with Crippen molar-refractivity contribution in [1.82, 2.24) is 20.4 Å². The van der Waals surface area contributed by atoms with Crippen LogP contribution >= 0.6 is 0 Å². The van der Waals surface area contributed by atoms with Gasteiger partial charge >= 0.3 is 6.03 Å². The molecular weight excluding hydrogens is 318 g/mol. The second-order valence-electron chi connectivity index (χ2n) is 7.18. The minimum absolute atomic E-state index is 0.0556. The lowest BCUT2D eigenvalue weighted by Crippen LogP contribution is -2.43. The summed E-state index contributed by atoms with van der Waals surface area (Å²) in [7, 11) is 0. The van der Waals surface area contributed by atoms with Gasteiger partial charge in [0.15, 0.2) is 0 Å². The van der Waals surface area contributed by atoms with Crippen LogP contribution in [0, 0.1) is 5.92 Å². The van der Waals surface area contributed by atoms with E-state index in [1.807, 2.05) is 0 Å². The first-order chi connectivity index (χ1) is 12.0. The Kier molecular flexibility index (Phi) is 7.76. The van der Waals surface area contributed by atoms with Crippen LogP contribution in [0.4, 0.5) is 10.6 Å². The maximum atomic E-state index is 12.0. The number of anilines is 1. The Hall–Kier alpha value is -2.05. The molecule has 0 radical (unpaired) electrons. The lowest BCUT2D eigenvalue weighted by Gasteiger charge is -2.22. The molecule has 2 rings (SSSR count). The molecule has 0 aliphatic heterocycles. The van der Waals surface area contributed by atoms with E-state index >= 15 is 0 Å². The zero-order valence-electron chi connectivity index (χ0n) is 15.4. The van der Waals surface area contributed by atoms with E-state index in [1.54, 1.807) is 16.9 Å². The first-order valence-corrected chi connectivity index (χ1v) is 9.40. The van der Waals surface area contributed by atoms with Gasteiger partial charge in [0.05, 0.1) is 6.20 Å². The summed E-state index contributed by atoms with van der Waals surface area (Å²) in [5.74, 6) is 1.13. The van der Waals surface area contributed by atoms with Crippen molar-refractivity contribution in [2.45, 2.75) is 71.4 Å². The van der Waals surface area contributed by atoms with Gasteiger partial charge in [0.25, 0.3) is 0 Å². The van der Waals surface area contributed by atoms with Crippen molar-refractivity contribution in [2.75, 3.05) is 11.9 Å². The van der Waals surface area contributed by atoms with Gasteiger partial charge in [-0.25, -0.2) is 9.48 Å². The minimum atomic E-state index is -0.123. The molecule has 3 amide bonds. The van der Waals surface area contributed by atoms with E-state index in [0.717, 1.165) is 25.2 Å². The predicted octanol–water partition coefficient (Wildman–Crippen LogP) is 2.89. The summed E-state index contributed by atoms with van der Waals surface area (Å²) in [6, 6.07) is 1.98. The second-order valence-corrected chi connectivity index (χ2v) is 7.18.